The lowest BCUT2D eigenvalue weighted by molar-refractivity contribution is -0.159. The minimum atomic E-state index is -0.542. The lowest BCUT2D eigenvalue weighted by Crippen LogP contribution is -2.47. The molecular weight excluding hydrogens is 403 g/mol. The second-order valence-electron chi connectivity index (χ2n) is 6.91. The van der Waals surface area contributed by atoms with E-state index < -0.39 is 6.10 Å². The first-order chi connectivity index (χ1) is 13.6. The maximum Gasteiger partial charge on any atom is 0.254 e. The van der Waals surface area contributed by atoms with Gasteiger partial charge in [-0.2, -0.15) is 5.10 Å². The number of carbonyl (C=O) groups is 1. The molecule has 0 bridgehead atoms. The number of benzene rings is 1. The number of nitrogens with one attached hydrogen (secondary N) is 1. The molecule has 1 saturated heterocycles. The van der Waals surface area contributed by atoms with E-state index in [2.05, 4.69) is 14.8 Å². The zero-order chi connectivity index (χ0) is 19.3. The molecular formula is C19H18Cl2N4O3. The van der Waals surface area contributed by atoms with E-state index >= 15 is 0 Å². The minimum absolute atomic E-state index is 0.0431. The lowest BCUT2D eigenvalue weighted by atomic mass is 10.0. The number of amides is 1. The number of fused-ring (bicyclic) bond motifs is 3. The summed E-state index contributed by atoms with van der Waals surface area (Å²) in [4.78, 5) is 14.8. The quantitative estimate of drug-likeness (QED) is 0.691. The van der Waals surface area contributed by atoms with Gasteiger partial charge in [0.25, 0.3) is 5.91 Å². The fraction of sp³-hybridized carbons (Fsp3) is 0.368. The van der Waals surface area contributed by atoms with Crippen LogP contribution in [0.2, 0.25) is 10.0 Å². The van der Waals surface area contributed by atoms with Gasteiger partial charge in [0.05, 0.1) is 48.1 Å². The monoisotopic (exact) mass is 420 g/mol. The van der Waals surface area contributed by atoms with Crippen LogP contribution < -0.4 is 0 Å². The molecule has 146 valence electrons. The molecule has 1 unspecified atom stereocenters. The Bertz CT molecular complexity index is 1040. The second-order valence-corrected chi connectivity index (χ2v) is 7.70. The summed E-state index contributed by atoms with van der Waals surface area (Å²) in [6, 6.07) is 3.78. The topological polar surface area (TPSA) is 72.4 Å². The highest BCUT2D eigenvalue weighted by molar-refractivity contribution is 6.45. The fourth-order valence-electron chi connectivity index (χ4n) is 4.05. The predicted octanol–water partition coefficient (Wildman–Crippen LogP) is 3.10. The molecule has 1 aromatic carbocycles. The Kier molecular flexibility index (Phi) is 4.55. The van der Waals surface area contributed by atoms with Crippen LogP contribution in [0.3, 0.4) is 0 Å². The third kappa shape index (κ3) is 2.81. The van der Waals surface area contributed by atoms with Gasteiger partial charge in [-0.1, -0.05) is 29.3 Å². The molecule has 4 heterocycles. The summed E-state index contributed by atoms with van der Waals surface area (Å²) in [5, 5.41) is 8.99. The van der Waals surface area contributed by atoms with Crippen LogP contribution in [0.15, 0.2) is 24.5 Å². The number of carbonyl (C=O) groups excluding carboxylic acids is 1. The van der Waals surface area contributed by atoms with Gasteiger partial charge in [0, 0.05) is 41.5 Å². The Morgan fingerprint density at radius 1 is 1.25 bits per heavy atom. The van der Waals surface area contributed by atoms with Crippen molar-refractivity contribution >= 4 is 40.0 Å². The highest BCUT2D eigenvalue weighted by atomic mass is 35.5. The molecule has 1 N–H and O–H groups in total. The van der Waals surface area contributed by atoms with Crippen LogP contribution in [-0.2, 0) is 27.4 Å². The summed E-state index contributed by atoms with van der Waals surface area (Å²) in [6.07, 6.45) is 3.08. The van der Waals surface area contributed by atoms with Crippen LogP contribution in [0.5, 0.6) is 0 Å². The SMILES string of the molecule is O=C(C1COCCO1)N1CCn2c(c(-c3cn[nH]c3)c3ccc(Cl)c(Cl)c32)C1. The molecule has 1 atom stereocenters. The summed E-state index contributed by atoms with van der Waals surface area (Å²) in [5.74, 6) is -0.0431. The van der Waals surface area contributed by atoms with E-state index in [1.54, 1.807) is 12.3 Å². The van der Waals surface area contributed by atoms with Crippen molar-refractivity contribution in [2.75, 3.05) is 26.4 Å². The average Bonchev–Trinajstić information content (AvgIpc) is 3.36. The number of rotatable bonds is 2. The summed E-state index contributed by atoms with van der Waals surface area (Å²) < 4.78 is 13.2. The highest BCUT2D eigenvalue weighted by Gasteiger charge is 2.33. The Hall–Kier alpha value is -2.06. The van der Waals surface area contributed by atoms with Crippen LogP contribution >= 0.6 is 23.2 Å². The molecule has 0 saturated carbocycles. The van der Waals surface area contributed by atoms with Crippen LogP contribution in [0.25, 0.3) is 22.0 Å². The maximum absolute atomic E-state index is 12.9. The van der Waals surface area contributed by atoms with Crippen LogP contribution in [0.1, 0.15) is 5.69 Å². The first kappa shape index (κ1) is 18.0. The number of ether oxygens (including phenoxy) is 2. The zero-order valence-electron chi connectivity index (χ0n) is 15.0. The molecule has 28 heavy (non-hydrogen) atoms. The number of aromatic amines is 1. The van der Waals surface area contributed by atoms with Crippen molar-refractivity contribution < 1.29 is 14.3 Å². The third-order valence-electron chi connectivity index (χ3n) is 5.35. The zero-order valence-corrected chi connectivity index (χ0v) is 16.5. The first-order valence-corrected chi connectivity index (χ1v) is 9.87. The van der Waals surface area contributed by atoms with Gasteiger partial charge in [0.2, 0.25) is 0 Å². The molecule has 3 aromatic rings. The number of aromatic nitrogens is 3. The molecule has 9 heteroatoms. The molecule has 2 aliphatic heterocycles. The molecule has 1 amide bonds. The Balaban J connectivity index is 1.61. The van der Waals surface area contributed by atoms with E-state index in [0.29, 0.717) is 49.5 Å². The normalized spacial score (nSPS) is 19.8. The van der Waals surface area contributed by atoms with Gasteiger partial charge in [-0.25, -0.2) is 0 Å². The standard InChI is InChI=1S/C19H18Cl2N4O3/c20-13-2-1-12-16(11-7-22-23-8-11)14-9-24(3-4-25(14)18(12)17(13)21)19(26)15-10-27-5-6-28-15/h1-2,7-8,15H,3-6,9-10H2,(H,22,23). The largest absolute Gasteiger partial charge is 0.376 e. The molecule has 1 fully saturated rings. The highest BCUT2D eigenvalue weighted by Crippen LogP contribution is 2.42. The van der Waals surface area contributed by atoms with Crippen molar-refractivity contribution in [2.45, 2.75) is 19.2 Å². The minimum Gasteiger partial charge on any atom is -0.376 e. The maximum atomic E-state index is 12.9. The number of hydrogen-bond acceptors (Lipinski definition) is 4. The molecule has 2 aliphatic rings. The van der Waals surface area contributed by atoms with Crippen molar-refractivity contribution in [3.63, 3.8) is 0 Å². The van der Waals surface area contributed by atoms with Crippen LogP contribution in [0.4, 0.5) is 0 Å². The van der Waals surface area contributed by atoms with Gasteiger partial charge >= 0.3 is 0 Å². The van der Waals surface area contributed by atoms with Crippen LogP contribution in [-0.4, -0.2) is 58.0 Å². The summed E-state index contributed by atoms with van der Waals surface area (Å²) in [5.41, 5.74) is 3.87. The van der Waals surface area contributed by atoms with Gasteiger partial charge in [-0.15, -0.1) is 0 Å². The van der Waals surface area contributed by atoms with Crippen molar-refractivity contribution in [1.82, 2.24) is 19.7 Å². The Morgan fingerprint density at radius 2 is 2.14 bits per heavy atom. The van der Waals surface area contributed by atoms with E-state index in [0.717, 1.165) is 27.7 Å². The van der Waals surface area contributed by atoms with Gasteiger partial charge in [-0.3, -0.25) is 9.89 Å². The van der Waals surface area contributed by atoms with Crippen molar-refractivity contribution in [3.8, 4) is 11.1 Å². The Labute approximate surface area is 171 Å². The van der Waals surface area contributed by atoms with Gasteiger partial charge < -0.3 is 18.9 Å². The first-order valence-electron chi connectivity index (χ1n) is 9.11. The van der Waals surface area contributed by atoms with Crippen molar-refractivity contribution in [2.24, 2.45) is 0 Å². The van der Waals surface area contributed by atoms with E-state index in [4.69, 9.17) is 32.7 Å². The molecule has 0 spiro atoms. The molecule has 0 radical (unpaired) electrons. The summed E-state index contributed by atoms with van der Waals surface area (Å²) in [6.45, 7) is 2.93. The van der Waals surface area contributed by atoms with E-state index in [9.17, 15) is 4.79 Å². The summed E-state index contributed by atoms with van der Waals surface area (Å²) in [7, 11) is 0. The number of hydrogen-bond donors (Lipinski definition) is 1. The fourth-order valence-corrected chi connectivity index (χ4v) is 4.47. The number of halogens is 2. The number of nitrogens with zero attached hydrogens (tertiary/aromatic N) is 3. The molecule has 2 aromatic heterocycles. The van der Waals surface area contributed by atoms with Crippen molar-refractivity contribution in [3.05, 3.63) is 40.3 Å². The summed E-state index contributed by atoms with van der Waals surface area (Å²) >= 11 is 12.9. The van der Waals surface area contributed by atoms with E-state index in [-0.39, 0.29) is 5.91 Å². The number of H-pyrrole nitrogens is 1. The molecule has 0 aliphatic carbocycles. The van der Waals surface area contributed by atoms with Crippen LogP contribution in [0, 0.1) is 0 Å². The smallest absolute Gasteiger partial charge is 0.254 e. The van der Waals surface area contributed by atoms with Crippen molar-refractivity contribution in [1.29, 1.82) is 0 Å². The van der Waals surface area contributed by atoms with Gasteiger partial charge in [-0.05, 0) is 6.07 Å². The molecule has 7 nitrogen and oxygen atoms in total. The average molecular weight is 421 g/mol. The lowest BCUT2D eigenvalue weighted by Gasteiger charge is -2.33. The van der Waals surface area contributed by atoms with Gasteiger partial charge in [0.15, 0.2) is 6.10 Å². The molecule has 5 rings (SSSR count). The predicted molar refractivity (Wildman–Crippen MR) is 106 cm³/mol. The van der Waals surface area contributed by atoms with E-state index in [1.807, 2.05) is 17.2 Å². The van der Waals surface area contributed by atoms with E-state index in [1.165, 1.54) is 0 Å². The second kappa shape index (κ2) is 7.08. The Morgan fingerprint density at radius 3 is 2.89 bits per heavy atom. The van der Waals surface area contributed by atoms with Gasteiger partial charge in [0.1, 0.15) is 0 Å². The third-order valence-corrected chi connectivity index (χ3v) is 6.14.